The highest BCUT2D eigenvalue weighted by Gasteiger charge is 2.52. The topological polar surface area (TPSA) is 194 Å². The highest BCUT2D eigenvalue weighted by molar-refractivity contribution is 7.00. The van der Waals surface area contributed by atoms with E-state index in [9.17, 15) is 29.1 Å². The Hall–Kier alpha value is -6.91. The molecular formula is C50H61N5O10Si. The lowest BCUT2D eigenvalue weighted by molar-refractivity contribution is -0.128. The summed E-state index contributed by atoms with van der Waals surface area (Å²) in [5.41, 5.74) is 2.12. The maximum Gasteiger partial charge on any atom is 0.411 e. The van der Waals surface area contributed by atoms with Gasteiger partial charge in [-0.05, 0) is 65.4 Å². The summed E-state index contributed by atoms with van der Waals surface area (Å²) in [7, 11) is -1.74. The predicted octanol–water partition coefficient (Wildman–Crippen LogP) is 6.87. The molecule has 16 heteroatoms. The fraction of sp³-hybridized carbons (Fsp3) is 0.340. The van der Waals surface area contributed by atoms with Crippen molar-refractivity contribution in [1.29, 1.82) is 0 Å². The Balaban J connectivity index is 1.37. The van der Waals surface area contributed by atoms with Crippen LogP contribution in [0.2, 0.25) is 5.04 Å². The van der Waals surface area contributed by atoms with Crippen LogP contribution in [0.15, 0.2) is 121 Å². The summed E-state index contributed by atoms with van der Waals surface area (Å²) in [4.78, 5) is 67.6. The lowest BCUT2D eigenvalue weighted by Crippen LogP contribution is -2.68. The Morgan fingerprint density at radius 3 is 2.00 bits per heavy atom. The molecule has 1 aliphatic rings. The maximum absolute atomic E-state index is 14.4. The van der Waals surface area contributed by atoms with Gasteiger partial charge in [-0.3, -0.25) is 19.7 Å². The standard InChI is InChI=1S/C50H61N5O10Si/c1-10-25-63-49(61)54-44(32(2)3)46(58)51-34(5)45(57)52-36-23-21-35(22-24-36)31-64-48(60)53-41-28-43(42(62-9)27-40(41)47(59)55-29-33(4)26-37(55)30-56)65-66(50(6,7)8,38-17-13-11-14-18-38)39-19-15-12-16-20-39/h10-24,27-29,32,34,37,44,56H,1,25-26,30-31H2,2-9H3,(H,51,58)(H,52,57)(H,53,60)(H,54,61)/t34-,37-,44-/m0/s1. The number of carbonyl (C=O) groups excluding carboxylic acids is 5. The zero-order chi connectivity index (χ0) is 48.2. The lowest BCUT2D eigenvalue weighted by Gasteiger charge is -2.43. The number of hydrogen-bond donors (Lipinski definition) is 5. The van der Waals surface area contributed by atoms with Crippen molar-refractivity contribution in [2.24, 2.45) is 5.92 Å². The Morgan fingerprint density at radius 2 is 1.45 bits per heavy atom. The minimum absolute atomic E-state index is 0.0200. The van der Waals surface area contributed by atoms with Gasteiger partial charge in [0, 0.05) is 18.0 Å². The predicted molar refractivity (Wildman–Crippen MR) is 256 cm³/mol. The van der Waals surface area contributed by atoms with Crippen molar-refractivity contribution < 1.29 is 47.7 Å². The minimum Gasteiger partial charge on any atom is -0.531 e. The smallest absolute Gasteiger partial charge is 0.411 e. The number of aliphatic hydroxyl groups is 1. The number of amides is 5. The molecule has 0 aliphatic carbocycles. The van der Waals surface area contributed by atoms with Gasteiger partial charge in [0.2, 0.25) is 11.8 Å². The van der Waals surface area contributed by atoms with Crippen LogP contribution in [0.4, 0.5) is 21.0 Å². The molecule has 5 amide bonds. The Morgan fingerprint density at radius 1 is 0.833 bits per heavy atom. The van der Waals surface area contributed by atoms with Gasteiger partial charge in [0.25, 0.3) is 5.91 Å². The third kappa shape index (κ3) is 12.0. The number of alkyl carbamates (subject to hydrolysis) is 1. The second-order valence-corrected chi connectivity index (χ2v) is 21.6. The van der Waals surface area contributed by atoms with Crippen LogP contribution in [0, 0.1) is 5.92 Å². The molecule has 1 aliphatic heterocycles. The molecular weight excluding hydrogens is 859 g/mol. The summed E-state index contributed by atoms with van der Waals surface area (Å²) in [5.74, 6) is -1.25. The quantitative estimate of drug-likeness (QED) is 0.0520. The summed E-state index contributed by atoms with van der Waals surface area (Å²) in [6.45, 7) is 16.3. The van der Waals surface area contributed by atoms with Crippen LogP contribution in [0.1, 0.15) is 70.8 Å². The van der Waals surface area contributed by atoms with Crippen LogP contribution in [-0.2, 0) is 25.7 Å². The Kier molecular flexibility index (Phi) is 16.9. The number of anilines is 2. The van der Waals surface area contributed by atoms with Gasteiger partial charge in [-0.2, -0.15) is 0 Å². The van der Waals surface area contributed by atoms with Crippen molar-refractivity contribution in [3.05, 3.63) is 133 Å². The average molecular weight is 920 g/mol. The largest absolute Gasteiger partial charge is 0.531 e. The molecule has 0 aromatic heterocycles. The van der Waals surface area contributed by atoms with E-state index in [1.54, 1.807) is 56.4 Å². The third-order valence-corrected chi connectivity index (χ3v) is 16.0. The minimum atomic E-state index is -3.23. The molecule has 3 atom stereocenters. The second kappa shape index (κ2) is 22.3. The Bertz CT molecular complexity index is 2350. The zero-order valence-corrected chi connectivity index (χ0v) is 39.8. The first-order chi connectivity index (χ1) is 31.4. The molecule has 1 heterocycles. The van der Waals surface area contributed by atoms with Gasteiger partial charge in [0.1, 0.15) is 31.0 Å². The van der Waals surface area contributed by atoms with Crippen molar-refractivity contribution in [2.45, 2.75) is 84.7 Å². The van der Waals surface area contributed by atoms with Gasteiger partial charge in [-0.25, -0.2) is 9.59 Å². The number of nitrogens with one attached hydrogen (secondary N) is 4. The highest BCUT2D eigenvalue weighted by Crippen LogP contribution is 2.42. The fourth-order valence-corrected chi connectivity index (χ4v) is 12.1. The fourth-order valence-electron chi connectivity index (χ4n) is 7.71. The first kappa shape index (κ1) is 50.1. The summed E-state index contributed by atoms with van der Waals surface area (Å²) < 4.78 is 23.8. The molecule has 0 radical (unpaired) electrons. The van der Waals surface area contributed by atoms with E-state index < -0.39 is 61.4 Å². The number of aliphatic hydroxyl groups excluding tert-OH is 1. The van der Waals surface area contributed by atoms with E-state index in [1.165, 1.54) is 25.0 Å². The maximum atomic E-state index is 14.4. The summed E-state index contributed by atoms with van der Waals surface area (Å²) >= 11 is 0. The van der Waals surface area contributed by atoms with Crippen molar-refractivity contribution >= 4 is 60.0 Å². The van der Waals surface area contributed by atoms with Gasteiger partial charge in [-0.1, -0.05) is 126 Å². The van der Waals surface area contributed by atoms with Crippen LogP contribution < -0.4 is 40.8 Å². The van der Waals surface area contributed by atoms with Crippen molar-refractivity contribution in [3.8, 4) is 11.5 Å². The number of benzene rings is 4. The average Bonchev–Trinajstić information content (AvgIpc) is 3.69. The van der Waals surface area contributed by atoms with Gasteiger partial charge in [0.05, 0.1) is 31.0 Å². The van der Waals surface area contributed by atoms with E-state index in [2.05, 4.69) is 72.9 Å². The second-order valence-electron chi connectivity index (χ2n) is 17.4. The van der Waals surface area contributed by atoms with Gasteiger partial charge in [0.15, 0.2) is 5.75 Å². The molecule has 0 saturated heterocycles. The summed E-state index contributed by atoms with van der Waals surface area (Å²) in [5, 5.41) is 22.4. The first-order valence-corrected chi connectivity index (χ1v) is 23.6. The number of ether oxygens (including phenoxy) is 3. The molecule has 4 aromatic carbocycles. The van der Waals surface area contributed by atoms with Gasteiger partial charge < -0.3 is 44.6 Å². The van der Waals surface area contributed by atoms with Crippen LogP contribution in [0.5, 0.6) is 11.5 Å². The molecule has 5 N–H and O–H groups in total. The van der Waals surface area contributed by atoms with Crippen LogP contribution in [-0.4, -0.2) is 86.7 Å². The number of hydrogen-bond acceptors (Lipinski definition) is 10. The van der Waals surface area contributed by atoms with Crippen molar-refractivity contribution in [3.63, 3.8) is 0 Å². The molecule has 0 unspecified atom stereocenters. The van der Waals surface area contributed by atoms with Crippen LogP contribution in [0.25, 0.3) is 0 Å². The molecule has 0 spiro atoms. The number of methoxy groups -OCH3 is 1. The Labute approximate surface area is 387 Å². The van der Waals surface area contributed by atoms with Crippen molar-refractivity contribution in [2.75, 3.05) is 31.0 Å². The number of nitrogens with zero attached hydrogens (tertiary/aromatic N) is 1. The molecule has 5 rings (SSSR count). The molecule has 66 heavy (non-hydrogen) atoms. The first-order valence-electron chi connectivity index (χ1n) is 21.7. The summed E-state index contributed by atoms with van der Waals surface area (Å²) in [6.07, 6.45) is 1.95. The number of carbonyl (C=O) groups is 5. The molecule has 0 fully saturated rings. The normalized spacial score (nSPS) is 14.5. The van der Waals surface area contributed by atoms with Gasteiger partial charge >= 0.3 is 20.5 Å². The van der Waals surface area contributed by atoms with Crippen molar-refractivity contribution in [1.82, 2.24) is 15.5 Å². The van der Waals surface area contributed by atoms with E-state index in [1.807, 2.05) is 43.3 Å². The lowest BCUT2D eigenvalue weighted by atomic mass is 10.0. The van der Waals surface area contributed by atoms with E-state index in [0.29, 0.717) is 23.4 Å². The van der Waals surface area contributed by atoms with E-state index >= 15 is 0 Å². The molecule has 15 nitrogen and oxygen atoms in total. The van der Waals surface area contributed by atoms with E-state index in [4.69, 9.17) is 18.6 Å². The molecule has 350 valence electrons. The molecule has 4 aromatic rings. The summed E-state index contributed by atoms with van der Waals surface area (Å²) in [6, 6.07) is 27.3. The van der Waals surface area contributed by atoms with Crippen LogP contribution >= 0.6 is 0 Å². The molecule has 0 bridgehead atoms. The monoisotopic (exact) mass is 919 g/mol. The van der Waals surface area contributed by atoms with E-state index in [-0.39, 0.29) is 42.7 Å². The third-order valence-electron chi connectivity index (χ3n) is 11.1. The molecule has 0 saturated carbocycles. The zero-order valence-electron chi connectivity index (χ0n) is 38.8. The highest BCUT2D eigenvalue weighted by atomic mass is 28.4. The SMILES string of the molecule is C=CCOC(=O)N[C@H](C(=O)N[C@@H](C)C(=O)Nc1ccc(COC(=O)Nc2cc(O[Si](c3ccccc3)(c3ccccc3)C(C)(C)C)c(OC)cc2C(=O)N2C=C(C)C[C@H]2CO)cc1)C(C)C. The van der Waals surface area contributed by atoms with Crippen LogP contribution in [0.3, 0.4) is 0 Å². The number of rotatable bonds is 18. The van der Waals surface area contributed by atoms with E-state index in [0.717, 1.165) is 15.9 Å². The van der Waals surface area contributed by atoms with Gasteiger partial charge in [-0.15, -0.1) is 0 Å².